The number of halogens is 2. The molecule has 2 aromatic carbocycles. The Morgan fingerprint density at radius 2 is 1.91 bits per heavy atom. The molecule has 5 rings (SSSR count). The van der Waals surface area contributed by atoms with Gasteiger partial charge in [0.1, 0.15) is 10.8 Å². The predicted octanol–water partition coefficient (Wildman–Crippen LogP) is 5.89. The minimum Gasteiger partial charge on any atom is -0.478 e. The maximum Gasteiger partial charge on any atom is 0.345 e. The quantitative estimate of drug-likeness (QED) is 0.515. The lowest BCUT2D eigenvalue weighted by molar-refractivity contribution is -0.219. The van der Waals surface area contributed by atoms with Crippen molar-refractivity contribution in [3.8, 4) is 5.75 Å². The standard InChI is InChI=1S/C27H26Cl2O6/c1-2-27-9-8-18(30)11-19(27)21-16(12-27)10-20(22(28)23(21)29)35-24(25(31)32)17-13-33-26(34-14-17)15-6-4-3-5-7-15/h3-7,10-11,17,24,26H,2,8-9,12-14H2,1H3,(H,31,32). The normalized spacial score (nSPS) is 26.5. The van der Waals surface area contributed by atoms with Gasteiger partial charge >= 0.3 is 5.97 Å². The molecule has 1 aliphatic heterocycles. The van der Waals surface area contributed by atoms with Crippen LogP contribution in [0.3, 0.4) is 0 Å². The topological polar surface area (TPSA) is 82.1 Å². The molecule has 6 nitrogen and oxygen atoms in total. The van der Waals surface area contributed by atoms with Crippen LogP contribution in [0.1, 0.15) is 49.2 Å². The second kappa shape index (κ2) is 9.58. The Bertz CT molecular complexity index is 1190. The molecule has 0 radical (unpaired) electrons. The van der Waals surface area contributed by atoms with E-state index in [1.165, 1.54) is 0 Å². The van der Waals surface area contributed by atoms with E-state index in [9.17, 15) is 14.7 Å². The van der Waals surface area contributed by atoms with Crippen molar-refractivity contribution in [1.29, 1.82) is 0 Å². The molecule has 0 amide bonds. The van der Waals surface area contributed by atoms with Gasteiger partial charge in [-0.3, -0.25) is 4.79 Å². The summed E-state index contributed by atoms with van der Waals surface area (Å²) in [5.41, 5.74) is 3.33. The molecular weight excluding hydrogens is 491 g/mol. The average molecular weight is 517 g/mol. The number of carbonyl (C=O) groups excluding carboxylic acids is 1. The summed E-state index contributed by atoms with van der Waals surface area (Å²) < 4.78 is 17.6. The number of ether oxygens (including phenoxy) is 3. The fourth-order valence-electron chi connectivity index (χ4n) is 5.41. The van der Waals surface area contributed by atoms with Gasteiger partial charge in [-0.05, 0) is 42.5 Å². The van der Waals surface area contributed by atoms with Crippen molar-refractivity contribution in [3.05, 3.63) is 69.2 Å². The van der Waals surface area contributed by atoms with E-state index in [1.54, 1.807) is 12.1 Å². The Kier molecular flexibility index (Phi) is 6.66. The van der Waals surface area contributed by atoms with Gasteiger partial charge in [0.2, 0.25) is 6.10 Å². The molecule has 0 spiro atoms. The summed E-state index contributed by atoms with van der Waals surface area (Å²) >= 11 is 13.3. The number of rotatable bonds is 6. The molecule has 1 heterocycles. The molecule has 3 aliphatic rings. The van der Waals surface area contributed by atoms with E-state index < -0.39 is 24.3 Å². The lowest BCUT2D eigenvalue weighted by Gasteiger charge is -2.33. The van der Waals surface area contributed by atoms with Gasteiger partial charge in [-0.25, -0.2) is 4.79 Å². The number of carboxylic acids is 1. The Labute approximate surface area is 213 Å². The first kappa shape index (κ1) is 24.3. The molecule has 8 heteroatoms. The zero-order valence-corrected chi connectivity index (χ0v) is 20.8. The van der Waals surface area contributed by atoms with Crippen LogP contribution in [0, 0.1) is 11.3 Å². The molecule has 2 atom stereocenters. The summed E-state index contributed by atoms with van der Waals surface area (Å²) in [5.74, 6) is -1.38. The van der Waals surface area contributed by atoms with Crippen molar-refractivity contribution < 1.29 is 28.9 Å². The van der Waals surface area contributed by atoms with E-state index >= 15 is 0 Å². The van der Waals surface area contributed by atoms with Gasteiger partial charge < -0.3 is 19.3 Å². The number of fused-ring (bicyclic) bond motifs is 3. The first-order chi connectivity index (χ1) is 16.8. The molecule has 1 saturated heterocycles. The zero-order chi connectivity index (χ0) is 24.7. The number of carboxylic acid groups (broad SMARTS) is 1. The molecule has 2 unspecified atom stereocenters. The van der Waals surface area contributed by atoms with Gasteiger partial charge in [0.25, 0.3) is 0 Å². The van der Waals surface area contributed by atoms with Crippen molar-refractivity contribution in [2.45, 2.75) is 45.0 Å². The Morgan fingerprint density at radius 1 is 1.20 bits per heavy atom. The van der Waals surface area contributed by atoms with Crippen LogP contribution in [0.15, 0.2) is 42.5 Å². The van der Waals surface area contributed by atoms with E-state index in [2.05, 4.69) is 6.92 Å². The molecular formula is C27H26Cl2O6. The van der Waals surface area contributed by atoms with Gasteiger partial charge in [0, 0.05) is 23.0 Å². The molecule has 1 fully saturated rings. The van der Waals surface area contributed by atoms with Crippen LogP contribution in [0.2, 0.25) is 10.0 Å². The summed E-state index contributed by atoms with van der Waals surface area (Å²) in [6, 6.07) is 11.3. The van der Waals surface area contributed by atoms with E-state index in [0.717, 1.165) is 35.1 Å². The van der Waals surface area contributed by atoms with Gasteiger partial charge in [-0.15, -0.1) is 0 Å². The SMILES string of the molecule is CCC12CCC(=O)C=C1c1c(cc(OC(C(=O)O)C3COC(c4ccccc4)OC3)c(Cl)c1Cl)C2. The molecule has 35 heavy (non-hydrogen) atoms. The molecule has 0 bridgehead atoms. The minimum atomic E-state index is -1.23. The molecule has 0 aromatic heterocycles. The summed E-state index contributed by atoms with van der Waals surface area (Å²) in [6.45, 7) is 2.41. The van der Waals surface area contributed by atoms with Crippen LogP contribution in [0.5, 0.6) is 5.75 Å². The number of hydrogen-bond donors (Lipinski definition) is 1. The maximum atomic E-state index is 12.2. The first-order valence-corrected chi connectivity index (χ1v) is 12.5. The zero-order valence-electron chi connectivity index (χ0n) is 19.3. The van der Waals surface area contributed by atoms with Gasteiger partial charge in [0.05, 0.1) is 24.2 Å². The Morgan fingerprint density at radius 3 is 2.57 bits per heavy atom. The van der Waals surface area contributed by atoms with E-state index in [0.29, 0.717) is 17.9 Å². The monoisotopic (exact) mass is 516 g/mol. The summed E-state index contributed by atoms with van der Waals surface area (Å²) in [6.07, 6.45) is 2.74. The van der Waals surface area contributed by atoms with Crippen molar-refractivity contribution in [3.63, 3.8) is 0 Å². The van der Waals surface area contributed by atoms with Gasteiger partial charge in [-0.1, -0.05) is 60.5 Å². The van der Waals surface area contributed by atoms with Crippen LogP contribution in [0.25, 0.3) is 5.57 Å². The number of carbonyl (C=O) groups is 2. The van der Waals surface area contributed by atoms with E-state index in [-0.39, 0.29) is 35.2 Å². The Hall–Kier alpha value is -2.38. The van der Waals surface area contributed by atoms with Crippen molar-refractivity contribution >= 4 is 40.5 Å². The maximum absolute atomic E-state index is 12.2. The third-order valence-corrected chi connectivity index (χ3v) is 8.23. The third kappa shape index (κ3) is 4.38. The van der Waals surface area contributed by atoms with E-state index in [1.807, 2.05) is 30.3 Å². The third-order valence-electron chi connectivity index (χ3n) is 7.38. The van der Waals surface area contributed by atoms with Crippen LogP contribution < -0.4 is 4.74 Å². The highest BCUT2D eigenvalue weighted by molar-refractivity contribution is 6.44. The van der Waals surface area contributed by atoms with Crippen molar-refractivity contribution in [2.75, 3.05) is 13.2 Å². The lowest BCUT2D eigenvalue weighted by atomic mass is 9.71. The number of benzene rings is 2. The first-order valence-electron chi connectivity index (χ1n) is 11.8. The number of aliphatic carboxylic acids is 1. The fraction of sp³-hybridized carbons (Fsp3) is 0.407. The summed E-state index contributed by atoms with van der Waals surface area (Å²) in [5, 5.41) is 10.4. The van der Waals surface area contributed by atoms with Crippen molar-refractivity contribution in [1.82, 2.24) is 0 Å². The van der Waals surface area contributed by atoms with Crippen LogP contribution in [-0.4, -0.2) is 36.2 Å². The second-order valence-electron chi connectivity index (χ2n) is 9.42. The largest absolute Gasteiger partial charge is 0.478 e. The number of allylic oxidation sites excluding steroid dienone is 2. The Balaban J connectivity index is 1.39. The highest BCUT2D eigenvalue weighted by atomic mass is 35.5. The van der Waals surface area contributed by atoms with Crippen LogP contribution in [-0.2, 0) is 25.5 Å². The minimum absolute atomic E-state index is 0.0847. The summed E-state index contributed by atoms with van der Waals surface area (Å²) in [4.78, 5) is 24.3. The molecule has 1 N–H and O–H groups in total. The van der Waals surface area contributed by atoms with Crippen molar-refractivity contribution in [2.24, 2.45) is 11.3 Å². The molecule has 2 aliphatic carbocycles. The average Bonchev–Trinajstić information content (AvgIpc) is 3.19. The van der Waals surface area contributed by atoms with E-state index in [4.69, 9.17) is 37.4 Å². The smallest absolute Gasteiger partial charge is 0.345 e. The number of hydrogen-bond acceptors (Lipinski definition) is 5. The molecule has 184 valence electrons. The lowest BCUT2D eigenvalue weighted by Crippen LogP contribution is -2.43. The molecule has 2 aromatic rings. The second-order valence-corrected chi connectivity index (χ2v) is 10.2. The summed E-state index contributed by atoms with van der Waals surface area (Å²) in [7, 11) is 0. The van der Waals surface area contributed by atoms with Gasteiger partial charge in [-0.2, -0.15) is 0 Å². The predicted molar refractivity (Wildman–Crippen MR) is 132 cm³/mol. The van der Waals surface area contributed by atoms with Crippen LogP contribution in [0.4, 0.5) is 0 Å². The highest BCUT2D eigenvalue weighted by Gasteiger charge is 2.45. The van der Waals surface area contributed by atoms with Crippen LogP contribution >= 0.6 is 23.2 Å². The number of ketones is 1. The highest BCUT2D eigenvalue weighted by Crippen LogP contribution is 2.57. The fourth-order valence-corrected chi connectivity index (χ4v) is 5.92. The van der Waals surface area contributed by atoms with Gasteiger partial charge in [0.15, 0.2) is 12.1 Å². The molecule has 0 saturated carbocycles.